The van der Waals surface area contributed by atoms with Crippen molar-refractivity contribution in [2.24, 2.45) is 0 Å². The first kappa shape index (κ1) is 20.7. The molecule has 1 aliphatic heterocycles. The van der Waals surface area contributed by atoms with E-state index in [1.54, 1.807) is 4.90 Å². The van der Waals surface area contributed by atoms with Gasteiger partial charge < -0.3 is 19.3 Å². The van der Waals surface area contributed by atoms with Crippen LogP contribution in [0.1, 0.15) is 39.2 Å². The Morgan fingerprint density at radius 3 is 2.57 bits per heavy atom. The number of amides is 2. The van der Waals surface area contributed by atoms with Crippen molar-refractivity contribution in [3.63, 3.8) is 0 Å². The SMILES string of the molecule is CC(C)(C)OC(=O)N1CCO[C@@H](C(=O)N(Cc2ccc3ccccc3c2)C2CC2)C1. The number of morpholine rings is 1. The number of carbonyl (C=O) groups excluding carboxylic acids is 2. The van der Waals surface area contributed by atoms with Gasteiger partial charge in [-0.1, -0.05) is 36.4 Å². The van der Waals surface area contributed by atoms with E-state index in [0.717, 1.165) is 18.4 Å². The van der Waals surface area contributed by atoms with Gasteiger partial charge in [0, 0.05) is 19.1 Å². The summed E-state index contributed by atoms with van der Waals surface area (Å²) in [6.45, 7) is 7.08. The standard InChI is InChI=1S/C24H30N2O4/c1-24(2,3)30-23(28)25-12-13-29-21(16-25)22(27)26(20-10-11-20)15-17-8-9-18-6-4-5-7-19(18)14-17/h4-9,14,20-21H,10-13,15-16H2,1-3H3/t21-/m1/s1. The van der Waals surface area contributed by atoms with Crippen LogP contribution in [0.5, 0.6) is 0 Å². The van der Waals surface area contributed by atoms with Crippen molar-refractivity contribution in [1.29, 1.82) is 0 Å². The van der Waals surface area contributed by atoms with E-state index in [1.165, 1.54) is 10.8 Å². The summed E-state index contributed by atoms with van der Waals surface area (Å²) in [4.78, 5) is 29.3. The second-order valence-electron chi connectivity index (χ2n) is 9.16. The number of hydrogen-bond donors (Lipinski definition) is 0. The first-order valence-corrected chi connectivity index (χ1v) is 10.7. The first-order chi connectivity index (χ1) is 14.3. The Morgan fingerprint density at radius 2 is 1.87 bits per heavy atom. The van der Waals surface area contributed by atoms with Crippen LogP contribution >= 0.6 is 0 Å². The fourth-order valence-corrected chi connectivity index (χ4v) is 3.78. The Bertz CT molecular complexity index is 932. The number of nitrogens with zero attached hydrogens (tertiary/aromatic N) is 2. The van der Waals surface area contributed by atoms with Gasteiger partial charge in [0.25, 0.3) is 5.91 Å². The molecule has 4 rings (SSSR count). The van der Waals surface area contributed by atoms with Gasteiger partial charge in [-0.3, -0.25) is 4.79 Å². The molecule has 1 saturated heterocycles. The molecule has 160 valence electrons. The maximum Gasteiger partial charge on any atom is 0.410 e. The van der Waals surface area contributed by atoms with Crippen LogP contribution in [0.2, 0.25) is 0 Å². The van der Waals surface area contributed by atoms with Crippen molar-refractivity contribution in [3.05, 3.63) is 48.0 Å². The highest BCUT2D eigenvalue weighted by Gasteiger charge is 2.39. The Labute approximate surface area is 177 Å². The zero-order chi connectivity index (χ0) is 21.3. The van der Waals surface area contributed by atoms with E-state index in [9.17, 15) is 9.59 Å². The fraction of sp³-hybridized carbons (Fsp3) is 0.500. The third-order valence-corrected chi connectivity index (χ3v) is 5.43. The largest absolute Gasteiger partial charge is 0.444 e. The van der Waals surface area contributed by atoms with E-state index >= 15 is 0 Å². The molecule has 0 unspecified atom stereocenters. The normalized spacial score (nSPS) is 19.6. The lowest BCUT2D eigenvalue weighted by molar-refractivity contribution is -0.150. The van der Waals surface area contributed by atoms with Crippen molar-refractivity contribution >= 4 is 22.8 Å². The third kappa shape index (κ3) is 4.93. The molecule has 1 heterocycles. The summed E-state index contributed by atoms with van der Waals surface area (Å²) >= 11 is 0. The lowest BCUT2D eigenvalue weighted by Gasteiger charge is -2.36. The molecule has 0 aromatic heterocycles. The predicted molar refractivity (Wildman–Crippen MR) is 115 cm³/mol. The minimum Gasteiger partial charge on any atom is -0.444 e. The Balaban J connectivity index is 1.45. The molecule has 6 nitrogen and oxygen atoms in total. The van der Waals surface area contributed by atoms with Crippen LogP contribution < -0.4 is 0 Å². The third-order valence-electron chi connectivity index (χ3n) is 5.43. The number of fused-ring (bicyclic) bond motifs is 1. The lowest BCUT2D eigenvalue weighted by atomic mass is 10.1. The summed E-state index contributed by atoms with van der Waals surface area (Å²) in [6.07, 6.45) is 0.993. The monoisotopic (exact) mass is 410 g/mol. The van der Waals surface area contributed by atoms with Gasteiger partial charge in [0.1, 0.15) is 5.60 Å². The van der Waals surface area contributed by atoms with Crippen LogP contribution in [0.3, 0.4) is 0 Å². The van der Waals surface area contributed by atoms with Crippen LogP contribution in [0.4, 0.5) is 4.79 Å². The molecule has 1 aliphatic carbocycles. The molecule has 1 atom stereocenters. The van der Waals surface area contributed by atoms with E-state index in [1.807, 2.05) is 37.8 Å². The van der Waals surface area contributed by atoms with Gasteiger partial charge in [0.2, 0.25) is 0 Å². The van der Waals surface area contributed by atoms with Crippen molar-refractivity contribution in [3.8, 4) is 0 Å². The summed E-state index contributed by atoms with van der Waals surface area (Å²) in [7, 11) is 0. The number of rotatable bonds is 4. The highest BCUT2D eigenvalue weighted by atomic mass is 16.6. The number of ether oxygens (including phenoxy) is 2. The average molecular weight is 411 g/mol. The first-order valence-electron chi connectivity index (χ1n) is 10.7. The summed E-state index contributed by atoms with van der Waals surface area (Å²) in [5, 5.41) is 2.36. The molecule has 2 aliphatic rings. The smallest absolute Gasteiger partial charge is 0.410 e. The van der Waals surface area contributed by atoms with E-state index in [2.05, 4.69) is 30.3 Å². The fourth-order valence-electron chi connectivity index (χ4n) is 3.78. The summed E-state index contributed by atoms with van der Waals surface area (Å²) in [6, 6.07) is 14.8. The second-order valence-corrected chi connectivity index (χ2v) is 9.16. The Morgan fingerprint density at radius 1 is 1.13 bits per heavy atom. The zero-order valence-corrected chi connectivity index (χ0v) is 18.0. The van der Waals surface area contributed by atoms with Crippen molar-refractivity contribution in [2.45, 2.75) is 57.9 Å². The molecule has 0 spiro atoms. The van der Waals surface area contributed by atoms with Crippen LogP contribution in [0, 0.1) is 0 Å². The van der Waals surface area contributed by atoms with E-state index in [4.69, 9.17) is 9.47 Å². The van der Waals surface area contributed by atoms with Crippen LogP contribution in [0.15, 0.2) is 42.5 Å². The van der Waals surface area contributed by atoms with Crippen molar-refractivity contribution in [2.75, 3.05) is 19.7 Å². The van der Waals surface area contributed by atoms with Gasteiger partial charge in [-0.15, -0.1) is 0 Å². The van der Waals surface area contributed by atoms with Crippen molar-refractivity contribution in [1.82, 2.24) is 9.80 Å². The van der Waals surface area contributed by atoms with Gasteiger partial charge in [-0.05, 0) is 56.0 Å². The van der Waals surface area contributed by atoms with Crippen molar-refractivity contribution < 1.29 is 19.1 Å². The molecule has 2 fully saturated rings. The van der Waals surface area contributed by atoms with Crippen LogP contribution in [-0.4, -0.2) is 59.2 Å². The number of hydrogen-bond acceptors (Lipinski definition) is 4. The van der Waals surface area contributed by atoms with Gasteiger partial charge in [0.05, 0.1) is 13.2 Å². The quantitative estimate of drug-likeness (QED) is 0.765. The minimum absolute atomic E-state index is 0.0427. The van der Waals surface area contributed by atoms with E-state index < -0.39 is 17.8 Å². The molecule has 0 bridgehead atoms. The Kier molecular flexibility index (Phi) is 5.69. The molecule has 1 saturated carbocycles. The molecule has 2 aromatic carbocycles. The van der Waals surface area contributed by atoms with Gasteiger partial charge in [-0.2, -0.15) is 0 Å². The topological polar surface area (TPSA) is 59.1 Å². The number of carbonyl (C=O) groups is 2. The van der Waals surface area contributed by atoms with Crippen LogP contribution in [-0.2, 0) is 20.8 Å². The minimum atomic E-state index is -0.646. The Hall–Kier alpha value is -2.60. The molecule has 0 radical (unpaired) electrons. The summed E-state index contributed by atoms with van der Waals surface area (Å²) < 4.78 is 11.2. The highest BCUT2D eigenvalue weighted by Crippen LogP contribution is 2.30. The second kappa shape index (κ2) is 8.26. The molecule has 0 N–H and O–H groups in total. The maximum atomic E-state index is 13.3. The van der Waals surface area contributed by atoms with Gasteiger partial charge in [0.15, 0.2) is 6.10 Å². The molecule has 2 amide bonds. The van der Waals surface area contributed by atoms with Gasteiger partial charge >= 0.3 is 6.09 Å². The summed E-state index contributed by atoms with van der Waals surface area (Å²) in [5.74, 6) is -0.0427. The molecule has 30 heavy (non-hydrogen) atoms. The average Bonchev–Trinajstić information content (AvgIpc) is 3.55. The molecular formula is C24H30N2O4. The predicted octanol–water partition coefficient (Wildman–Crippen LogP) is 3.97. The van der Waals surface area contributed by atoms with E-state index in [-0.39, 0.29) is 18.5 Å². The van der Waals surface area contributed by atoms with Crippen LogP contribution in [0.25, 0.3) is 10.8 Å². The maximum absolute atomic E-state index is 13.3. The highest BCUT2D eigenvalue weighted by molar-refractivity contribution is 5.84. The van der Waals surface area contributed by atoms with E-state index in [0.29, 0.717) is 19.7 Å². The summed E-state index contributed by atoms with van der Waals surface area (Å²) in [5.41, 5.74) is 0.541. The molecular weight excluding hydrogens is 380 g/mol. The van der Waals surface area contributed by atoms with Gasteiger partial charge in [-0.25, -0.2) is 4.79 Å². The zero-order valence-electron chi connectivity index (χ0n) is 18.0. The molecule has 2 aromatic rings. The molecule has 6 heteroatoms. The number of benzene rings is 2. The lowest BCUT2D eigenvalue weighted by Crippen LogP contribution is -2.53.